The highest BCUT2D eigenvalue weighted by atomic mass is 16.3. The summed E-state index contributed by atoms with van der Waals surface area (Å²) in [7, 11) is 2.17. The summed E-state index contributed by atoms with van der Waals surface area (Å²) in [6, 6.07) is 0.442. The van der Waals surface area contributed by atoms with E-state index in [1.165, 1.54) is 32.2 Å². The summed E-state index contributed by atoms with van der Waals surface area (Å²) in [5.74, 6) is 0. The predicted molar refractivity (Wildman–Crippen MR) is 53.6 cm³/mol. The van der Waals surface area contributed by atoms with E-state index >= 15 is 0 Å². The Hall–Kier alpha value is -0.0800. The maximum Gasteiger partial charge on any atom is 0.0695 e. The van der Waals surface area contributed by atoms with Gasteiger partial charge in [-0.05, 0) is 44.6 Å². The SMILES string of the molecule is CN(CC1(C)CC1)[C@@H]1CCC[C@H]1O. The monoisotopic (exact) mass is 183 g/mol. The Bertz CT molecular complexity index is 189. The third kappa shape index (κ3) is 2.05. The topological polar surface area (TPSA) is 23.5 Å². The second-order valence-corrected chi connectivity index (χ2v) is 5.29. The molecule has 2 aliphatic rings. The van der Waals surface area contributed by atoms with Crippen molar-refractivity contribution in [2.24, 2.45) is 5.41 Å². The van der Waals surface area contributed by atoms with Crippen LogP contribution in [0.3, 0.4) is 0 Å². The molecule has 0 aromatic heterocycles. The third-order valence-electron chi connectivity index (χ3n) is 3.74. The maximum absolute atomic E-state index is 9.73. The fourth-order valence-electron chi connectivity index (χ4n) is 2.53. The van der Waals surface area contributed by atoms with Crippen LogP contribution in [0.25, 0.3) is 0 Å². The quantitative estimate of drug-likeness (QED) is 0.719. The van der Waals surface area contributed by atoms with E-state index in [2.05, 4.69) is 18.9 Å². The molecule has 0 bridgehead atoms. The highest BCUT2D eigenvalue weighted by Crippen LogP contribution is 2.46. The normalized spacial score (nSPS) is 36.9. The van der Waals surface area contributed by atoms with Crippen LogP contribution < -0.4 is 0 Å². The number of likely N-dealkylation sites (N-methyl/N-ethyl adjacent to an activating group) is 1. The van der Waals surface area contributed by atoms with Crippen molar-refractivity contribution in [2.75, 3.05) is 13.6 Å². The lowest BCUT2D eigenvalue weighted by Gasteiger charge is -2.29. The number of nitrogens with zero attached hydrogens (tertiary/aromatic N) is 1. The van der Waals surface area contributed by atoms with Crippen LogP contribution in [-0.4, -0.2) is 35.7 Å². The third-order valence-corrected chi connectivity index (χ3v) is 3.74. The molecule has 2 atom stereocenters. The van der Waals surface area contributed by atoms with Crippen LogP contribution in [0.1, 0.15) is 39.0 Å². The summed E-state index contributed by atoms with van der Waals surface area (Å²) in [5.41, 5.74) is 0.580. The van der Waals surface area contributed by atoms with Gasteiger partial charge in [0.2, 0.25) is 0 Å². The molecule has 0 amide bonds. The summed E-state index contributed by atoms with van der Waals surface area (Å²) >= 11 is 0. The molecule has 2 rings (SSSR count). The molecule has 0 saturated heterocycles. The van der Waals surface area contributed by atoms with Gasteiger partial charge in [-0.2, -0.15) is 0 Å². The molecule has 76 valence electrons. The second-order valence-electron chi connectivity index (χ2n) is 5.29. The summed E-state index contributed by atoms with van der Waals surface area (Å²) < 4.78 is 0. The van der Waals surface area contributed by atoms with Gasteiger partial charge < -0.3 is 10.0 Å². The Labute approximate surface area is 80.9 Å². The number of rotatable bonds is 3. The summed E-state index contributed by atoms with van der Waals surface area (Å²) in [4.78, 5) is 2.38. The van der Waals surface area contributed by atoms with E-state index in [1.54, 1.807) is 0 Å². The standard InChI is InChI=1S/C11H21NO/c1-11(6-7-11)8-12(2)9-4-3-5-10(9)13/h9-10,13H,3-8H2,1-2H3/t9-,10-/m1/s1. The Morgan fingerprint density at radius 2 is 2.08 bits per heavy atom. The highest BCUT2D eigenvalue weighted by Gasteiger charge is 2.40. The van der Waals surface area contributed by atoms with Crippen molar-refractivity contribution in [3.05, 3.63) is 0 Å². The van der Waals surface area contributed by atoms with Crippen molar-refractivity contribution >= 4 is 0 Å². The molecule has 2 aliphatic carbocycles. The minimum atomic E-state index is -0.0626. The Morgan fingerprint density at radius 3 is 2.54 bits per heavy atom. The van der Waals surface area contributed by atoms with Crippen molar-refractivity contribution < 1.29 is 5.11 Å². The molecule has 2 fully saturated rings. The van der Waals surface area contributed by atoms with Crippen LogP contribution >= 0.6 is 0 Å². The first kappa shape index (κ1) is 9.47. The minimum Gasteiger partial charge on any atom is -0.391 e. The average Bonchev–Trinajstić information content (AvgIpc) is 2.63. The van der Waals surface area contributed by atoms with Gasteiger partial charge in [-0.1, -0.05) is 6.92 Å². The van der Waals surface area contributed by atoms with Crippen molar-refractivity contribution in [3.8, 4) is 0 Å². The first-order valence-electron chi connectivity index (χ1n) is 5.49. The van der Waals surface area contributed by atoms with Crippen LogP contribution in [0, 0.1) is 5.41 Å². The van der Waals surface area contributed by atoms with Gasteiger partial charge in [0, 0.05) is 12.6 Å². The van der Waals surface area contributed by atoms with Gasteiger partial charge in [0.25, 0.3) is 0 Å². The maximum atomic E-state index is 9.73. The van der Waals surface area contributed by atoms with Gasteiger partial charge in [-0.3, -0.25) is 0 Å². The van der Waals surface area contributed by atoms with E-state index in [0.717, 1.165) is 6.42 Å². The van der Waals surface area contributed by atoms with E-state index in [9.17, 15) is 5.11 Å². The largest absolute Gasteiger partial charge is 0.391 e. The molecule has 0 radical (unpaired) electrons. The van der Waals surface area contributed by atoms with Crippen molar-refractivity contribution in [1.82, 2.24) is 4.90 Å². The molecule has 0 aromatic carbocycles. The molecule has 2 heteroatoms. The molecule has 2 saturated carbocycles. The lowest BCUT2D eigenvalue weighted by Crippen LogP contribution is -2.40. The predicted octanol–water partition coefficient (Wildman–Crippen LogP) is 1.63. The lowest BCUT2D eigenvalue weighted by molar-refractivity contribution is 0.0763. The number of aliphatic hydroxyl groups is 1. The van der Waals surface area contributed by atoms with Crippen molar-refractivity contribution in [1.29, 1.82) is 0 Å². The molecule has 0 aromatic rings. The highest BCUT2D eigenvalue weighted by molar-refractivity contribution is 4.94. The second kappa shape index (κ2) is 3.25. The zero-order valence-corrected chi connectivity index (χ0v) is 8.79. The lowest BCUT2D eigenvalue weighted by atomic mass is 10.1. The minimum absolute atomic E-state index is 0.0626. The summed E-state index contributed by atoms with van der Waals surface area (Å²) in [5, 5.41) is 9.73. The Balaban J connectivity index is 1.85. The van der Waals surface area contributed by atoms with E-state index in [0.29, 0.717) is 11.5 Å². The smallest absolute Gasteiger partial charge is 0.0695 e. The zero-order chi connectivity index (χ0) is 9.47. The van der Waals surface area contributed by atoms with Crippen LogP contribution in [0.15, 0.2) is 0 Å². The van der Waals surface area contributed by atoms with E-state index in [4.69, 9.17) is 0 Å². The summed E-state index contributed by atoms with van der Waals surface area (Å²) in [6.07, 6.45) is 6.08. The Morgan fingerprint density at radius 1 is 1.38 bits per heavy atom. The van der Waals surface area contributed by atoms with E-state index < -0.39 is 0 Å². The Kier molecular flexibility index (Phi) is 2.37. The number of hydrogen-bond donors (Lipinski definition) is 1. The molecule has 0 heterocycles. The van der Waals surface area contributed by atoms with Gasteiger partial charge >= 0.3 is 0 Å². The number of hydrogen-bond acceptors (Lipinski definition) is 2. The van der Waals surface area contributed by atoms with Crippen LogP contribution in [-0.2, 0) is 0 Å². The van der Waals surface area contributed by atoms with Gasteiger partial charge in [0.05, 0.1) is 6.10 Å². The van der Waals surface area contributed by atoms with Gasteiger partial charge in [-0.25, -0.2) is 0 Å². The average molecular weight is 183 g/mol. The van der Waals surface area contributed by atoms with Crippen LogP contribution in [0.2, 0.25) is 0 Å². The van der Waals surface area contributed by atoms with Crippen molar-refractivity contribution in [2.45, 2.75) is 51.2 Å². The molecule has 1 N–H and O–H groups in total. The van der Waals surface area contributed by atoms with E-state index in [1.807, 2.05) is 0 Å². The molecule has 0 spiro atoms. The van der Waals surface area contributed by atoms with E-state index in [-0.39, 0.29) is 6.10 Å². The molecule has 13 heavy (non-hydrogen) atoms. The zero-order valence-electron chi connectivity index (χ0n) is 8.79. The molecular formula is C11H21NO. The fraction of sp³-hybridized carbons (Fsp3) is 1.00. The fourth-order valence-corrected chi connectivity index (χ4v) is 2.53. The van der Waals surface area contributed by atoms with Crippen LogP contribution in [0.5, 0.6) is 0 Å². The van der Waals surface area contributed by atoms with Gasteiger partial charge in [0.1, 0.15) is 0 Å². The summed E-state index contributed by atoms with van der Waals surface area (Å²) in [6.45, 7) is 3.53. The van der Waals surface area contributed by atoms with Crippen LogP contribution in [0.4, 0.5) is 0 Å². The van der Waals surface area contributed by atoms with Gasteiger partial charge in [-0.15, -0.1) is 0 Å². The molecule has 0 aliphatic heterocycles. The first-order valence-corrected chi connectivity index (χ1v) is 5.49. The molecule has 0 unspecified atom stereocenters. The first-order chi connectivity index (χ1) is 6.11. The van der Waals surface area contributed by atoms with Crippen molar-refractivity contribution in [3.63, 3.8) is 0 Å². The number of aliphatic hydroxyl groups excluding tert-OH is 1. The molecular weight excluding hydrogens is 162 g/mol. The molecule has 2 nitrogen and oxygen atoms in total. The van der Waals surface area contributed by atoms with Gasteiger partial charge in [0.15, 0.2) is 0 Å².